The molecule has 0 aliphatic carbocycles. The molecule has 0 saturated carbocycles. The van der Waals surface area contributed by atoms with Gasteiger partial charge in [0.2, 0.25) is 5.91 Å². The maximum Gasteiger partial charge on any atom is 0.325 e. The molecule has 4 amide bonds. The van der Waals surface area contributed by atoms with Crippen molar-refractivity contribution in [3.63, 3.8) is 0 Å². The summed E-state index contributed by atoms with van der Waals surface area (Å²) in [6.45, 7) is 1.76. The third-order valence-corrected chi connectivity index (χ3v) is 7.32. The van der Waals surface area contributed by atoms with Crippen LogP contribution in [0.2, 0.25) is 0 Å². The van der Waals surface area contributed by atoms with Crippen LogP contribution in [0.1, 0.15) is 36.9 Å². The second-order valence-electron chi connectivity index (χ2n) is 9.47. The highest BCUT2D eigenvalue weighted by molar-refractivity contribution is 6.07. The van der Waals surface area contributed by atoms with Crippen LogP contribution in [0.15, 0.2) is 48.7 Å². The first-order valence-corrected chi connectivity index (χ1v) is 12.2. The minimum absolute atomic E-state index is 0.0808. The lowest BCUT2D eigenvalue weighted by Crippen LogP contribution is -2.55. The van der Waals surface area contributed by atoms with Crippen LogP contribution in [0.25, 0.3) is 0 Å². The molecule has 3 aliphatic rings. The number of aromatic nitrogens is 1. The molecule has 0 bridgehead atoms. The van der Waals surface area contributed by atoms with E-state index >= 15 is 0 Å². The number of hydrogen-bond acceptors (Lipinski definition) is 5. The lowest BCUT2D eigenvalue weighted by molar-refractivity contribution is -0.137. The molecule has 4 heterocycles. The first kappa shape index (κ1) is 23.4. The van der Waals surface area contributed by atoms with Gasteiger partial charge in [0.15, 0.2) is 5.54 Å². The lowest BCUT2D eigenvalue weighted by Gasteiger charge is -2.40. The largest absolute Gasteiger partial charge is 0.376 e. The van der Waals surface area contributed by atoms with Gasteiger partial charge in [0.1, 0.15) is 5.82 Å². The molecule has 5 rings (SSSR count). The highest BCUT2D eigenvalue weighted by Crippen LogP contribution is 2.41. The molecule has 0 spiro atoms. The number of likely N-dealkylation sites (tertiary alicyclic amines) is 1. The number of pyridine rings is 1. The number of ether oxygens (including phenoxy) is 1. The minimum atomic E-state index is -1.27. The Bertz CT molecular complexity index is 1100. The number of amides is 4. The van der Waals surface area contributed by atoms with Crippen LogP contribution in [0.4, 0.5) is 9.18 Å². The van der Waals surface area contributed by atoms with Crippen LogP contribution in [0, 0.1) is 11.7 Å². The maximum absolute atomic E-state index is 13.8. The Kier molecular flexibility index (Phi) is 6.51. The van der Waals surface area contributed by atoms with Crippen LogP contribution in [-0.4, -0.2) is 65.0 Å². The quantitative estimate of drug-likeness (QED) is 0.642. The van der Waals surface area contributed by atoms with Gasteiger partial charge in [-0.15, -0.1) is 0 Å². The van der Waals surface area contributed by atoms with Crippen molar-refractivity contribution >= 4 is 17.8 Å². The summed E-state index contributed by atoms with van der Waals surface area (Å²) in [7, 11) is 0. The van der Waals surface area contributed by atoms with Crippen LogP contribution in [-0.2, 0) is 26.3 Å². The van der Waals surface area contributed by atoms with E-state index in [1.54, 1.807) is 35.4 Å². The fourth-order valence-corrected chi connectivity index (χ4v) is 5.50. The van der Waals surface area contributed by atoms with Gasteiger partial charge in [0, 0.05) is 31.8 Å². The molecule has 35 heavy (non-hydrogen) atoms. The van der Waals surface area contributed by atoms with Crippen molar-refractivity contribution in [1.82, 2.24) is 20.1 Å². The van der Waals surface area contributed by atoms with E-state index in [2.05, 4.69) is 10.3 Å². The monoisotopic (exact) mass is 480 g/mol. The number of carbonyl (C=O) groups excluding carboxylic acids is 3. The van der Waals surface area contributed by atoms with Gasteiger partial charge >= 0.3 is 6.03 Å². The topological polar surface area (TPSA) is 91.8 Å². The summed E-state index contributed by atoms with van der Waals surface area (Å²) in [4.78, 5) is 47.2. The number of benzene rings is 1. The van der Waals surface area contributed by atoms with Gasteiger partial charge in [-0.05, 0) is 55.5 Å². The Morgan fingerprint density at radius 3 is 2.66 bits per heavy atom. The average molecular weight is 481 g/mol. The molecule has 2 aromatic rings. The maximum atomic E-state index is 13.8. The van der Waals surface area contributed by atoms with Crippen LogP contribution >= 0.6 is 0 Å². The molecule has 3 saturated heterocycles. The van der Waals surface area contributed by atoms with Gasteiger partial charge in [-0.1, -0.05) is 18.2 Å². The summed E-state index contributed by atoms with van der Waals surface area (Å²) in [5, 5.41) is 2.99. The molecule has 1 aromatic carbocycles. The molecular formula is C26H29FN4O4. The van der Waals surface area contributed by atoms with Gasteiger partial charge < -0.3 is 15.0 Å². The third kappa shape index (κ3) is 4.52. The highest BCUT2D eigenvalue weighted by Gasteiger charge is 2.58. The zero-order chi connectivity index (χ0) is 24.4. The Hall–Kier alpha value is -3.33. The van der Waals surface area contributed by atoms with E-state index in [0.717, 1.165) is 12.8 Å². The van der Waals surface area contributed by atoms with Crippen molar-refractivity contribution in [2.45, 2.75) is 43.7 Å². The molecule has 2 unspecified atom stereocenters. The van der Waals surface area contributed by atoms with Crippen molar-refractivity contribution in [2.24, 2.45) is 5.92 Å². The van der Waals surface area contributed by atoms with Gasteiger partial charge in [-0.2, -0.15) is 0 Å². The van der Waals surface area contributed by atoms with E-state index in [9.17, 15) is 18.8 Å². The van der Waals surface area contributed by atoms with Gasteiger partial charge in [0.05, 0.1) is 24.8 Å². The van der Waals surface area contributed by atoms with E-state index < -0.39 is 11.6 Å². The number of rotatable bonds is 6. The van der Waals surface area contributed by atoms with Crippen molar-refractivity contribution in [3.8, 4) is 0 Å². The first-order valence-electron chi connectivity index (χ1n) is 12.2. The predicted octanol–water partition coefficient (Wildman–Crippen LogP) is 2.63. The van der Waals surface area contributed by atoms with Gasteiger partial charge in [-0.25, -0.2) is 9.18 Å². The van der Waals surface area contributed by atoms with Gasteiger partial charge in [-0.3, -0.25) is 19.5 Å². The summed E-state index contributed by atoms with van der Waals surface area (Å²) in [5.41, 5.74) is -0.128. The summed E-state index contributed by atoms with van der Waals surface area (Å²) >= 11 is 0. The Morgan fingerprint density at radius 1 is 1.14 bits per heavy atom. The number of halogens is 1. The SMILES string of the molecule is O=C(Cc1cccc(F)c1)N1CCC(C2(c3ccccn3)NC(=O)N(CC3CCCO3)C2=O)CC1. The number of hydrogen-bond donors (Lipinski definition) is 1. The second-order valence-corrected chi connectivity index (χ2v) is 9.47. The number of piperidine rings is 1. The third-order valence-electron chi connectivity index (χ3n) is 7.32. The summed E-state index contributed by atoms with van der Waals surface area (Å²) in [5.74, 6) is -0.972. The van der Waals surface area contributed by atoms with Crippen LogP contribution in [0.3, 0.4) is 0 Å². The van der Waals surface area contributed by atoms with E-state index in [-0.39, 0.29) is 42.6 Å². The molecule has 1 aromatic heterocycles. The second kappa shape index (κ2) is 9.73. The zero-order valence-electron chi connectivity index (χ0n) is 19.5. The molecule has 3 fully saturated rings. The molecule has 1 N–H and O–H groups in total. The van der Waals surface area contributed by atoms with E-state index in [4.69, 9.17) is 4.74 Å². The van der Waals surface area contributed by atoms with Gasteiger partial charge in [0.25, 0.3) is 5.91 Å². The fraction of sp³-hybridized carbons (Fsp3) is 0.462. The predicted molar refractivity (Wildman–Crippen MR) is 125 cm³/mol. The first-order chi connectivity index (χ1) is 17.0. The fourth-order valence-electron chi connectivity index (χ4n) is 5.50. The smallest absolute Gasteiger partial charge is 0.325 e. The van der Waals surface area contributed by atoms with Crippen LogP contribution in [0.5, 0.6) is 0 Å². The van der Waals surface area contributed by atoms with E-state index in [0.29, 0.717) is 43.8 Å². The molecule has 184 valence electrons. The average Bonchev–Trinajstić information content (AvgIpc) is 3.47. The highest BCUT2D eigenvalue weighted by atomic mass is 19.1. The zero-order valence-corrected chi connectivity index (χ0v) is 19.5. The Balaban J connectivity index is 1.33. The molecule has 3 aliphatic heterocycles. The summed E-state index contributed by atoms with van der Waals surface area (Å²) in [6.07, 6.45) is 4.40. The standard InChI is InChI=1S/C26H29FN4O4/c27-20-6-3-5-18(15-20)16-23(32)30-12-9-19(10-13-30)26(22-8-1-2-11-28-22)24(33)31(25(34)29-26)17-21-7-4-14-35-21/h1-3,5-6,8,11,15,19,21H,4,7,9-10,12-14,16-17H2,(H,29,34). The number of urea groups is 1. The van der Waals surface area contributed by atoms with Crippen molar-refractivity contribution in [3.05, 3.63) is 65.7 Å². The molecular weight excluding hydrogens is 451 g/mol. The molecule has 0 radical (unpaired) electrons. The number of nitrogens with zero attached hydrogens (tertiary/aromatic N) is 3. The van der Waals surface area contributed by atoms with Crippen LogP contribution < -0.4 is 5.32 Å². The molecule has 2 atom stereocenters. The molecule has 9 heteroatoms. The minimum Gasteiger partial charge on any atom is -0.376 e. The van der Waals surface area contributed by atoms with E-state index in [1.165, 1.54) is 17.0 Å². The lowest BCUT2D eigenvalue weighted by atomic mass is 9.75. The summed E-state index contributed by atoms with van der Waals surface area (Å²) in [6, 6.07) is 11.0. The van der Waals surface area contributed by atoms with E-state index in [1.807, 2.05) is 6.07 Å². The number of imide groups is 1. The summed E-state index contributed by atoms with van der Waals surface area (Å²) < 4.78 is 19.2. The van der Waals surface area contributed by atoms with Crippen molar-refractivity contribution in [2.75, 3.05) is 26.2 Å². The van der Waals surface area contributed by atoms with Crippen molar-refractivity contribution < 1.29 is 23.5 Å². The van der Waals surface area contributed by atoms with Crippen molar-refractivity contribution in [1.29, 1.82) is 0 Å². The number of carbonyl (C=O) groups is 3. The Labute approximate surface area is 203 Å². The number of nitrogens with one attached hydrogen (secondary N) is 1. The normalized spacial score (nSPS) is 25.2. The Morgan fingerprint density at radius 2 is 1.97 bits per heavy atom. The molecule has 8 nitrogen and oxygen atoms in total.